The lowest BCUT2D eigenvalue weighted by Gasteiger charge is -2.07. The van der Waals surface area contributed by atoms with Gasteiger partial charge in [-0.05, 0) is 122 Å². The van der Waals surface area contributed by atoms with E-state index in [2.05, 4.69) is 139 Å². The molecule has 228 valence electrons. The standard InChI is InChI=1S/C11H16.C10H15N.C9H13N.C8H12N2/c1-8(2)11-6-5-9(3)10(4)7-11;1-7(2)10-5-8(3)9(4)11-6-10;1-7(2)9-4-5-10-8(3)6-9;1-6(2)8-4-7(3)10-9-5-8/h5-8H,1-4H3;5-7H,1-4H3;4-7H,1-3H3;4-6H,1-3H3. The summed E-state index contributed by atoms with van der Waals surface area (Å²) in [5.41, 5.74) is 12.7. The van der Waals surface area contributed by atoms with E-state index in [0.29, 0.717) is 23.7 Å². The zero-order valence-electron chi connectivity index (χ0n) is 28.9. The van der Waals surface area contributed by atoms with Crippen LogP contribution in [0.25, 0.3) is 0 Å². The molecule has 1 aromatic carbocycles. The fourth-order valence-corrected chi connectivity index (χ4v) is 3.84. The van der Waals surface area contributed by atoms with Crippen molar-refractivity contribution in [2.45, 2.75) is 121 Å². The molecule has 4 rings (SSSR count). The number of aromatic nitrogens is 4. The van der Waals surface area contributed by atoms with Crippen molar-refractivity contribution in [3.63, 3.8) is 0 Å². The molecule has 0 spiro atoms. The van der Waals surface area contributed by atoms with Crippen molar-refractivity contribution < 1.29 is 0 Å². The molecule has 0 saturated carbocycles. The summed E-state index contributed by atoms with van der Waals surface area (Å²) in [6, 6.07) is 15.2. The van der Waals surface area contributed by atoms with Gasteiger partial charge in [0.05, 0.1) is 11.9 Å². The molecule has 0 radical (unpaired) electrons. The smallest absolute Gasteiger partial charge is 0.0603 e. The molecule has 0 aliphatic rings. The van der Waals surface area contributed by atoms with Crippen LogP contribution in [0.3, 0.4) is 0 Å². The molecule has 0 aliphatic heterocycles. The van der Waals surface area contributed by atoms with Gasteiger partial charge in [-0.3, -0.25) is 9.97 Å². The van der Waals surface area contributed by atoms with Crippen LogP contribution < -0.4 is 0 Å². The molecule has 0 unspecified atom stereocenters. The van der Waals surface area contributed by atoms with Gasteiger partial charge in [0.15, 0.2) is 0 Å². The van der Waals surface area contributed by atoms with E-state index in [1.165, 1.54) is 38.9 Å². The van der Waals surface area contributed by atoms with Gasteiger partial charge in [0, 0.05) is 23.8 Å². The first kappa shape index (κ1) is 36.6. The van der Waals surface area contributed by atoms with Crippen LogP contribution in [0.15, 0.2) is 61.1 Å². The highest BCUT2D eigenvalue weighted by Gasteiger charge is 2.01. The minimum Gasteiger partial charge on any atom is -0.262 e. The summed E-state index contributed by atoms with van der Waals surface area (Å²) in [5, 5.41) is 7.73. The zero-order valence-corrected chi connectivity index (χ0v) is 28.9. The Morgan fingerprint density at radius 1 is 0.452 bits per heavy atom. The SMILES string of the molecule is Cc1cc(C(C)C)ccn1.Cc1cc(C(C)C)cnc1C.Cc1cc(C(C)C)cnn1.Cc1ccc(C(C)C)cc1C. The Labute approximate surface area is 257 Å². The van der Waals surface area contributed by atoms with Crippen molar-refractivity contribution in [1.29, 1.82) is 0 Å². The molecule has 4 nitrogen and oxygen atoms in total. The first-order chi connectivity index (χ1) is 19.6. The maximum Gasteiger partial charge on any atom is 0.0603 e. The fourth-order valence-electron chi connectivity index (χ4n) is 3.84. The van der Waals surface area contributed by atoms with Gasteiger partial charge in [0.1, 0.15) is 0 Å². The van der Waals surface area contributed by atoms with Crippen LogP contribution in [0, 0.1) is 41.5 Å². The lowest BCUT2D eigenvalue weighted by atomic mass is 9.99. The monoisotopic (exact) mass is 568 g/mol. The van der Waals surface area contributed by atoms with Gasteiger partial charge in [-0.25, -0.2) is 0 Å². The number of benzene rings is 1. The topological polar surface area (TPSA) is 51.6 Å². The summed E-state index contributed by atoms with van der Waals surface area (Å²) in [6.45, 7) is 29.9. The Bertz CT molecular complexity index is 1250. The zero-order chi connectivity index (χ0) is 32.0. The minimum absolute atomic E-state index is 0.550. The molecule has 0 fully saturated rings. The van der Waals surface area contributed by atoms with E-state index in [1.807, 2.05) is 39.4 Å². The van der Waals surface area contributed by atoms with Crippen molar-refractivity contribution >= 4 is 0 Å². The Morgan fingerprint density at radius 2 is 0.952 bits per heavy atom. The van der Waals surface area contributed by atoms with Gasteiger partial charge in [0.2, 0.25) is 0 Å². The van der Waals surface area contributed by atoms with Crippen molar-refractivity contribution in [2.24, 2.45) is 0 Å². The number of aryl methyl sites for hydroxylation is 6. The van der Waals surface area contributed by atoms with Gasteiger partial charge in [-0.1, -0.05) is 79.7 Å². The van der Waals surface area contributed by atoms with E-state index in [1.54, 1.807) is 0 Å². The minimum atomic E-state index is 0.550. The number of nitrogens with zero attached hydrogens (tertiary/aromatic N) is 4. The Kier molecular flexibility index (Phi) is 15.9. The lowest BCUT2D eigenvalue weighted by molar-refractivity contribution is 0.831. The van der Waals surface area contributed by atoms with E-state index in [-0.39, 0.29) is 0 Å². The van der Waals surface area contributed by atoms with Gasteiger partial charge in [-0.2, -0.15) is 10.2 Å². The third-order valence-electron chi connectivity index (χ3n) is 7.28. The molecule has 0 atom stereocenters. The summed E-state index contributed by atoms with van der Waals surface area (Å²) < 4.78 is 0. The van der Waals surface area contributed by atoms with Gasteiger partial charge >= 0.3 is 0 Å². The molecule has 3 aromatic heterocycles. The Morgan fingerprint density at radius 3 is 1.38 bits per heavy atom. The van der Waals surface area contributed by atoms with Gasteiger partial charge < -0.3 is 0 Å². The summed E-state index contributed by atoms with van der Waals surface area (Å²) in [7, 11) is 0. The number of pyridine rings is 2. The molecule has 0 bridgehead atoms. The van der Waals surface area contributed by atoms with E-state index < -0.39 is 0 Å². The van der Waals surface area contributed by atoms with E-state index in [4.69, 9.17) is 0 Å². The van der Waals surface area contributed by atoms with Gasteiger partial charge in [0.25, 0.3) is 0 Å². The van der Waals surface area contributed by atoms with Crippen LogP contribution in [-0.4, -0.2) is 20.2 Å². The van der Waals surface area contributed by atoms with E-state index >= 15 is 0 Å². The van der Waals surface area contributed by atoms with Crippen LogP contribution in [0.4, 0.5) is 0 Å². The quantitative estimate of drug-likeness (QED) is 0.246. The highest BCUT2D eigenvalue weighted by Crippen LogP contribution is 2.18. The lowest BCUT2D eigenvalue weighted by Crippen LogP contribution is -1.93. The first-order valence-corrected chi connectivity index (χ1v) is 15.3. The second-order valence-corrected chi connectivity index (χ2v) is 12.5. The predicted molar refractivity (Wildman–Crippen MR) is 182 cm³/mol. The Hall–Kier alpha value is -3.40. The molecule has 4 aromatic rings. The largest absolute Gasteiger partial charge is 0.262 e. The molecular formula is C38H56N4. The van der Waals surface area contributed by atoms with Crippen LogP contribution in [-0.2, 0) is 0 Å². The maximum atomic E-state index is 4.30. The van der Waals surface area contributed by atoms with Crippen LogP contribution in [0.5, 0.6) is 0 Å². The van der Waals surface area contributed by atoms with Crippen molar-refractivity contribution in [3.05, 3.63) is 117 Å². The molecule has 3 heterocycles. The first-order valence-electron chi connectivity index (χ1n) is 15.3. The number of hydrogen-bond acceptors (Lipinski definition) is 4. The normalized spacial score (nSPS) is 10.5. The third-order valence-corrected chi connectivity index (χ3v) is 7.28. The van der Waals surface area contributed by atoms with Crippen LogP contribution in [0.1, 0.15) is 135 Å². The molecular weight excluding hydrogens is 512 g/mol. The van der Waals surface area contributed by atoms with Crippen molar-refractivity contribution in [1.82, 2.24) is 20.2 Å². The predicted octanol–water partition coefficient (Wildman–Crippen LogP) is 10.7. The maximum absolute atomic E-state index is 4.30. The van der Waals surface area contributed by atoms with Crippen LogP contribution in [0.2, 0.25) is 0 Å². The summed E-state index contributed by atoms with van der Waals surface area (Å²) in [5.74, 6) is 2.40. The molecule has 42 heavy (non-hydrogen) atoms. The van der Waals surface area contributed by atoms with Crippen molar-refractivity contribution in [2.75, 3.05) is 0 Å². The van der Waals surface area contributed by atoms with Crippen LogP contribution >= 0.6 is 0 Å². The molecule has 0 saturated heterocycles. The Balaban J connectivity index is 0.000000280. The van der Waals surface area contributed by atoms with Crippen molar-refractivity contribution in [3.8, 4) is 0 Å². The van der Waals surface area contributed by atoms with Gasteiger partial charge in [-0.15, -0.1) is 0 Å². The third kappa shape index (κ3) is 13.5. The summed E-state index contributed by atoms with van der Waals surface area (Å²) in [4.78, 5) is 8.42. The number of hydrogen-bond donors (Lipinski definition) is 0. The fraction of sp³-hybridized carbons (Fsp3) is 0.474. The molecule has 0 aliphatic carbocycles. The molecule has 0 N–H and O–H groups in total. The summed E-state index contributed by atoms with van der Waals surface area (Å²) in [6.07, 6.45) is 5.65. The highest BCUT2D eigenvalue weighted by molar-refractivity contribution is 5.31. The van der Waals surface area contributed by atoms with E-state index in [0.717, 1.165) is 17.1 Å². The average molecular weight is 569 g/mol. The summed E-state index contributed by atoms with van der Waals surface area (Å²) >= 11 is 0. The molecule has 4 heteroatoms. The second-order valence-electron chi connectivity index (χ2n) is 12.5. The highest BCUT2D eigenvalue weighted by atomic mass is 15.1. The second kappa shape index (κ2) is 18.2. The molecule has 0 amide bonds. The average Bonchev–Trinajstić information content (AvgIpc) is 2.92. The van der Waals surface area contributed by atoms with E-state index in [9.17, 15) is 0 Å². The number of rotatable bonds is 4.